The summed E-state index contributed by atoms with van der Waals surface area (Å²) in [6.45, 7) is 0.358. The summed E-state index contributed by atoms with van der Waals surface area (Å²) in [5.41, 5.74) is 6.40. The van der Waals surface area contributed by atoms with Crippen molar-refractivity contribution in [3.8, 4) is 0 Å². The molecule has 138 valence electrons. The van der Waals surface area contributed by atoms with Crippen LogP contribution in [0.3, 0.4) is 0 Å². The van der Waals surface area contributed by atoms with E-state index < -0.39 is 11.9 Å². The predicted molar refractivity (Wildman–Crippen MR) is 100 cm³/mol. The van der Waals surface area contributed by atoms with E-state index in [1.54, 1.807) is 24.3 Å². The molecule has 26 heavy (non-hydrogen) atoms. The van der Waals surface area contributed by atoms with Crippen LogP contribution in [0.5, 0.6) is 0 Å². The van der Waals surface area contributed by atoms with Crippen molar-refractivity contribution in [2.75, 3.05) is 18.6 Å². The predicted octanol–water partition coefficient (Wildman–Crippen LogP) is 1.31. The second kappa shape index (κ2) is 10.1. The van der Waals surface area contributed by atoms with E-state index in [1.807, 2.05) is 0 Å². The minimum absolute atomic E-state index is 0.145. The molecular weight excluding hydrogens is 396 g/mol. The van der Waals surface area contributed by atoms with Crippen LogP contribution in [0.2, 0.25) is 0 Å². The second-order valence-corrected chi connectivity index (χ2v) is 8.27. The Morgan fingerprint density at radius 1 is 1.12 bits per heavy atom. The summed E-state index contributed by atoms with van der Waals surface area (Å²) in [5, 5.41) is 10.7. The van der Waals surface area contributed by atoms with Gasteiger partial charge in [-0.2, -0.15) is 0 Å². The lowest BCUT2D eigenvalue weighted by Crippen LogP contribution is -2.24. The van der Waals surface area contributed by atoms with Gasteiger partial charge < -0.3 is 15.8 Å². The summed E-state index contributed by atoms with van der Waals surface area (Å²) in [6, 6.07) is 6.81. The summed E-state index contributed by atoms with van der Waals surface area (Å²) >= 11 is 3.80. The summed E-state index contributed by atoms with van der Waals surface area (Å²) in [4.78, 5) is 34.0. The first kappa shape index (κ1) is 20.2. The number of rotatable bonds is 9. The van der Waals surface area contributed by atoms with Crippen LogP contribution in [0.15, 0.2) is 32.9 Å². The van der Waals surface area contributed by atoms with Crippen LogP contribution in [-0.4, -0.2) is 46.6 Å². The number of carbonyl (C=O) groups excluding carboxylic acids is 3. The van der Waals surface area contributed by atoms with Gasteiger partial charge in [-0.15, -0.1) is 10.2 Å². The van der Waals surface area contributed by atoms with Gasteiger partial charge in [-0.3, -0.25) is 9.59 Å². The van der Waals surface area contributed by atoms with Gasteiger partial charge >= 0.3 is 5.97 Å². The van der Waals surface area contributed by atoms with Crippen LogP contribution in [0.4, 0.5) is 0 Å². The van der Waals surface area contributed by atoms with Crippen LogP contribution in [0, 0.1) is 0 Å². The quantitative estimate of drug-likeness (QED) is 0.467. The molecule has 8 nitrogen and oxygen atoms in total. The van der Waals surface area contributed by atoms with Crippen molar-refractivity contribution in [1.29, 1.82) is 0 Å². The molecule has 2 aromatic rings. The van der Waals surface area contributed by atoms with Crippen LogP contribution in [0.1, 0.15) is 15.9 Å². The maximum absolute atomic E-state index is 11.9. The molecule has 2 rings (SSSR count). The SMILES string of the molecule is COC(=O)c1ccc(CNC(=O)CSc2nnc(SCC(N)=O)s2)cc1. The first-order valence-electron chi connectivity index (χ1n) is 7.29. The maximum atomic E-state index is 11.9. The van der Waals surface area contributed by atoms with Gasteiger partial charge in [-0.25, -0.2) is 4.79 Å². The van der Waals surface area contributed by atoms with Crippen molar-refractivity contribution in [2.45, 2.75) is 15.2 Å². The monoisotopic (exact) mass is 412 g/mol. The second-order valence-electron chi connectivity index (χ2n) is 4.84. The van der Waals surface area contributed by atoms with E-state index in [2.05, 4.69) is 20.3 Å². The first-order chi connectivity index (χ1) is 12.5. The third kappa shape index (κ3) is 6.65. The number of amides is 2. The zero-order chi connectivity index (χ0) is 18.9. The summed E-state index contributed by atoms with van der Waals surface area (Å²) < 4.78 is 5.92. The molecule has 0 aliphatic carbocycles. The average molecular weight is 413 g/mol. The number of aromatic nitrogens is 2. The van der Waals surface area contributed by atoms with Crippen LogP contribution >= 0.6 is 34.9 Å². The van der Waals surface area contributed by atoms with Crippen molar-refractivity contribution in [3.63, 3.8) is 0 Å². The lowest BCUT2D eigenvalue weighted by atomic mass is 10.1. The molecule has 0 bridgehead atoms. The van der Waals surface area contributed by atoms with E-state index in [0.717, 1.165) is 5.56 Å². The number of thioether (sulfide) groups is 2. The highest BCUT2D eigenvalue weighted by Gasteiger charge is 2.10. The molecule has 0 unspecified atom stereocenters. The number of hydrogen-bond donors (Lipinski definition) is 2. The largest absolute Gasteiger partial charge is 0.465 e. The maximum Gasteiger partial charge on any atom is 0.337 e. The van der Waals surface area contributed by atoms with E-state index in [4.69, 9.17) is 5.73 Å². The van der Waals surface area contributed by atoms with Gasteiger partial charge in [0.15, 0.2) is 8.68 Å². The van der Waals surface area contributed by atoms with Crippen molar-refractivity contribution in [3.05, 3.63) is 35.4 Å². The number of nitrogens with two attached hydrogens (primary N) is 1. The van der Waals surface area contributed by atoms with Crippen LogP contribution < -0.4 is 11.1 Å². The molecule has 0 radical (unpaired) electrons. The Morgan fingerprint density at radius 2 is 1.73 bits per heavy atom. The molecule has 1 heterocycles. The number of nitrogens with zero attached hydrogens (tertiary/aromatic N) is 2. The Labute approximate surface area is 162 Å². The fourth-order valence-electron chi connectivity index (χ4n) is 1.70. The minimum Gasteiger partial charge on any atom is -0.465 e. The first-order valence-corrected chi connectivity index (χ1v) is 10.1. The van der Waals surface area contributed by atoms with Gasteiger partial charge in [0.25, 0.3) is 0 Å². The summed E-state index contributed by atoms with van der Waals surface area (Å²) in [6.07, 6.45) is 0. The number of hydrogen-bond acceptors (Lipinski definition) is 9. The van der Waals surface area contributed by atoms with Gasteiger partial charge in [0.2, 0.25) is 11.8 Å². The zero-order valence-corrected chi connectivity index (χ0v) is 16.2. The lowest BCUT2D eigenvalue weighted by molar-refractivity contribution is -0.118. The summed E-state index contributed by atoms with van der Waals surface area (Å²) in [5.74, 6) is -0.612. The van der Waals surface area contributed by atoms with E-state index in [0.29, 0.717) is 20.8 Å². The Hall–Kier alpha value is -2.11. The molecular formula is C15H16N4O4S3. The molecule has 3 N–H and O–H groups in total. The van der Waals surface area contributed by atoms with E-state index in [-0.39, 0.29) is 17.4 Å². The number of benzene rings is 1. The molecule has 0 fully saturated rings. The van der Waals surface area contributed by atoms with Crippen LogP contribution in [-0.2, 0) is 20.9 Å². The molecule has 1 aromatic heterocycles. The highest BCUT2D eigenvalue weighted by atomic mass is 32.2. The molecule has 0 saturated heterocycles. The number of carbonyl (C=O) groups is 3. The van der Waals surface area contributed by atoms with E-state index >= 15 is 0 Å². The Bertz CT molecular complexity index is 779. The number of ether oxygens (including phenoxy) is 1. The molecule has 11 heteroatoms. The van der Waals surface area contributed by atoms with Gasteiger partial charge in [-0.1, -0.05) is 47.0 Å². The Kier molecular flexibility index (Phi) is 7.88. The van der Waals surface area contributed by atoms with Crippen LogP contribution in [0.25, 0.3) is 0 Å². The number of methoxy groups -OCH3 is 1. The van der Waals surface area contributed by atoms with Gasteiger partial charge in [0.1, 0.15) is 0 Å². The Balaban J connectivity index is 1.73. The Morgan fingerprint density at radius 3 is 2.31 bits per heavy atom. The number of nitrogens with one attached hydrogen (secondary N) is 1. The highest BCUT2D eigenvalue weighted by molar-refractivity contribution is 8.03. The summed E-state index contributed by atoms with van der Waals surface area (Å²) in [7, 11) is 1.32. The van der Waals surface area contributed by atoms with Crippen molar-refractivity contribution in [2.24, 2.45) is 5.73 Å². The van der Waals surface area contributed by atoms with Gasteiger partial charge in [0, 0.05) is 6.54 Å². The zero-order valence-electron chi connectivity index (χ0n) is 13.8. The fraction of sp³-hybridized carbons (Fsp3) is 0.267. The molecule has 0 spiro atoms. The van der Waals surface area contributed by atoms with Gasteiger partial charge in [-0.05, 0) is 17.7 Å². The number of primary amides is 1. The average Bonchev–Trinajstić information content (AvgIpc) is 3.10. The molecule has 0 saturated carbocycles. The molecule has 0 aliphatic heterocycles. The number of esters is 1. The van der Waals surface area contributed by atoms with Crippen molar-refractivity contribution >= 4 is 52.6 Å². The molecule has 0 atom stereocenters. The molecule has 0 aliphatic rings. The van der Waals surface area contributed by atoms with Gasteiger partial charge in [0.05, 0.1) is 24.2 Å². The molecule has 1 aromatic carbocycles. The smallest absolute Gasteiger partial charge is 0.337 e. The standard InChI is InChI=1S/C15H16N4O4S3/c1-23-13(22)10-4-2-9(3-5-10)6-17-12(21)8-25-15-19-18-14(26-15)24-7-11(16)20/h2-5H,6-8H2,1H3,(H2,16,20)(H,17,21). The topological polar surface area (TPSA) is 124 Å². The normalized spacial score (nSPS) is 10.3. The van der Waals surface area contributed by atoms with E-state index in [1.165, 1.54) is 42.0 Å². The minimum atomic E-state index is -0.418. The van der Waals surface area contributed by atoms with Crippen molar-refractivity contribution < 1.29 is 19.1 Å². The molecule has 2 amide bonds. The van der Waals surface area contributed by atoms with E-state index in [9.17, 15) is 14.4 Å². The fourth-order valence-corrected chi connectivity index (χ4v) is 4.29. The van der Waals surface area contributed by atoms with Crippen molar-refractivity contribution in [1.82, 2.24) is 15.5 Å². The third-order valence-corrected chi connectivity index (χ3v) is 6.13. The lowest BCUT2D eigenvalue weighted by Gasteiger charge is -2.05. The highest BCUT2D eigenvalue weighted by Crippen LogP contribution is 2.28. The third-order valence-electron chi connectivity index (χ3n) is 2.92.